The lowest BCUT2D eigenvalue weighted by Gasteiger charge is -2.08. The Bertz CT molecular complexity index is 406. The lowest BCUT2D eigenvalue weighted by atomic mass is 10.3. The van der Waals surface area contributed by atoms with Crippen LogP contribution in [0.25, 0.3) is 0 Å². The average molecular weight is 212 g/mol. The van der Waals surface area contributed by atoms with Gasteiger partial charge in [-0.25, -0.2) is 13.8 Å². The molecule has 0 saturated heterocycles. The number of hydrazone groups is 1. The van der Waals surface area contributed by atoms with E-state index in [-0.39, 0.29) is 12.2 Å². The summed E-state index contributed by atoms with van der Waals surface area (Å²) in [6.07, 6.45) is 0.986. The van der Waals surface area contributed by atoms with E-state index in [4.69, 9.17) is 0 Å². The quantitative estimate of drug-likeness (QED) is 0.729. The fourth-order valence-electron chi connectivity index (χ4n) is 1.15. The van der Waals surface area contributed by atoms with Crippen LogP contribution in [0.1, 0.15) is 6.42 Å². The highest BCUT2D eigenvalue weighted by Gasteiger charge is 2.30. The Morgan fingerprint density at radius 1 is 1.40 bits per heavy atom. The fraction of sp³-hybridized carbons (Fsp3) is 0.250. The van der Waals surface area contributed by atoms with Gasteiger partial charge < -0.3 is 0 Å². The highest BCUT2D eigenvalue weighted by molar-refractivity contribution is 6.13. The van der Waals surface area contributed by atoms with Crippen LogP contribution in [0.15, 0.2) is 23.7 Å². The van der Waals surface area contributed by atoms with Gasteiger partial charge in [0, 0.05) is 12.4 Å². The monoisotopic (exact) mass is 212 g/mol. The second kappa shape index (κ2) is 3.68. The van der Waals surface area contributed by atoms with Crippen molar-refractivity contribution in [1.82, 2.24) is 9.97 Å². The number of alkyl halides is 2. The van der Waals surface area contributed by atoms with Crippen LogP contribution in [-0.2, 0) is 4.79 Å². The Morgan fingerprint density at radius 3 is 2.73 bits per heavy atom. The second-order valence-electron chi connectivity index (χ2n) is 2.84. The lowest BCUT2D eigenvalue weighted by Crippen LogP contribution is -2.20. The number of carbonyl (C=O) groups excluding carboxylic acids is 1. The average Bonchev–Trinajstić information content (AvgIpc) is 2.62. The molecule has 1 aliphatic rings. The topological polar surface area (TPSA) is 58.5 Å². The van der Waals surface area contributed by atoms with Crippen LogP contribution >= 0.6 is 0 Å². The second-order valence-corrected chi connectivity index (χ2v) is 2.84. The minimum Gasteiger partial charge on any atom is -0.272 e. The third kappa shape index (κ3) is 1.80. The molecule has 0 N–H and O–H groups in total. The highest BCUT2D eigenvalue weighted by atomic mass is 19.3. The van der Waals surface area contributed by atoms with Gasteiger partial charge in [-0.1, -0.05) is 0 Å². The van der Waals surface area contributed by atoms with Crippen molar-refractivity contribution in [1.29, 1.82) is 0 Å². The molecule has 5 nitrogen and oxygen atoms in total. The van der Waals surface area contributed by atoms with Crippen molar-refractivity contribution in [3.8, 4) is 0 Å². The summed E-state index contributed by atoms with van der Waals surface area (Å²) in [6.45, 7) is 0. The van der Waals surface area contributed by atoms with Gasteiger partial charge in [0.15, 0.2) is 5.82 Å². The van der Waals surface area contributed by atoms with E-state index in [2.05, 4.69) is 15.1 Å². The SMILES string of the molecule is O=C1CC(C(F)F)=NN1c1cnccn1. The van der Waals surface area contributed by atoms with Crippen molar-refractivity contribution >= 4 is 17.4 Å². The maximum atomic E-state index is 12.3. The molecule has 0 saturated carbocycles. The number of carbonyl (C=O) groups is 1. The Kier molecular flexibility index (Phi) is 2.36. The first-order valence-corrected chi connectivity index (χ1v) is 4.13. The van der Waals surface area contributed by atoms with Crippen LogP contribution in [0, 0.1) is 0 Å². The van der Waals surface area contributed by atoms with Gasteiger partial charge in [0.25, 0.3) is 12.3 Å². The zero-order chi connectivity index (χ0) is 10.8. The van der Waals surface area contributed by atoms with Crippen LogP contribution in [0.2, 0.25) is 0 Å². The van der Waals surface area contributed by atoms with E-state index < -0.39 is 18.0 Å². The molecule has 1 aromatic heterocycles. The fourth-order valence-corrected chi connectivity index (χ4v) is 1.15. The number of rotatable bonds is 2. The molecule has 0 atom stereocenters. The zero-order valence-corrected chi connectivity index (χ0v) is 7.47. The number of nitrogens with zero attached hydrogens (tertiary/aromatic N) is 4. The van der Waals surface area contributed by atoms with Crippen LogP contribution in [0.4, 0.5) is 14.6 Å². The molecule has 0 unspecified atom stereocenters. The molecule has 0 spiro atoms. The van der Waals surface area contributed by atoms with E-state index in [9.17, 15) is 13.6 Å². The molecule has 2 rings (SSSR count). The van der Waals surface area contributed by atoms with Gasteiger partial charge in [0.05, 0.1) is 12.6 Å². The standard InChI is InChI=1S/C8H6F2N4O/c9-8(10)5-3-7(15)14(13-5)6-4-11-1-2-12-6/h1-2,4,8H,3H2. The molecule has 7 heteroatoms. The molecule has 0 aromatic carbocycles. The molecule has 1 amide bonds. The van der Waals surface area contributed by atoms with E-state index in [1.165, 1.54) is 18.6 Å². The number of halogens is 2. The lowest BCUT2D eigenvalue weighted by molar-refractivity contribution is -0.117. The van der Waals surface area contributed by atoms with Gasteiger partial charge in [-0.15, -0.1) is 0 Å². The first-order chi connectivity index (χ1) is 7.18. The largest absolute Gasteiger partial charge is 0.278 e. The summed E-state index contributed by atoms with van der Waals surface area (Å²) < 4.78 is 24.5. The number of hydrogen-bond acceptors (Lipinski definition) is 4. The predicted octanol–water partition coefficient (Wildman–Crippen LogP) is 0.834. The van der Waals surface area contributed by atoms with Gasteiger partial charge in [-0.3, -0.25) is 9.78 Å². The smallest absolute Gasteiger partial charge is 0.272 e. The molecule has 78 valence electrons. The Morgan fingerprint density at radius 2 is 2.20 bits per heavy atom. The third-order valence-corrected chi connectivity index (χ3v) is 1.82. The van der Waals surface area contributed by atoms with Crippen molar-refractivity contribution in [3.05, 3.63) is 18.6 Å². The first kappa shape index (κ1) is 9.63. The summed E-state index contributed by atoms with van der Waals surface area (Å²) >= 11 is 0. The van der Waals surface area contributed by atoms with E-state index in [1.54, 1.807) is 0 Å². The van der Waals surface area contributed by atoms with Gasteiger partial charge in [0.2, 0.25) is 0 Å². The van der Waals surface area contributed by atoms with Crippen LogP contribution in [0.3, 0.4) is 0 Å². The molecule has 0 radical (unpaired) electrons. The normalized spacial score (nSPS) is 16.1. The summed E-state index contributed by atoms with van der Waals surface area (Å²) in [6, 6.07) is 0. The van der Waals surface area contributed by atoms with Crippen LogP contribution in [0.5, 0.6) is 0 Å². The summed E-state index contributed by atoms with van der Waals surface area (Å²) in [7, 11) is 0. The van der Waals surface area contributed by atoms with Gasteiger partial charge >= 0.3 is 0 Å². The minimum absolute atomic E-state index is 0.151. The number of anilines is 1. The van der Waals surface area contributed by atoms with Gasteiger partial charge in [-0.05, 0) is 0 Å². The summed E-state index contributed by atoms with van der Waals surface area (Å²) in [5.41, 5.74) is -0.439. The van der Waals surface area contributed by atoms with Gasteiger partial charge in [0.1, 0.15) is 5.71 Å². The summed E-state index contributed by atoms with van der Waals surface area (Å²) in [4.78, 5) is 18.8. The van der Waals surface area contributed by atoms with Crippen LogP contribution in [-0.4, -0.2) is 28.0 Å². The van der Waals surface area contributed by atoms with E-state index in [1.807, 2.05) is 0 Å². The van der Waals surface area contributed by atoms with E-state index >= 15 is 0 Å². The molecule has 2 heterocycles. The molecule has 0 aliphatic carbocycles. The van der Waals surface area contributed by atoms with Gasteiger partial charge in [-0.2, -0.15) is 10.1 Å². The molecule has 0 fully saturated rings. The van der Waals surface area contributed by atoms with Crippen molar-refractivity contribution in [2.24, 2.45) is 5.10 Å². The van der Waals surface area contributed by atoms with Crippen molar-refractivity contribution in [3.63, 3.8) is 0 Å². The molecular formula is C8H6F2N4O. The molecular weight excluding hydrogens is 206 g/mol. The third-order valence-electron chi connectivity index (χ3n) is 1.82. The van der Waals surface area contributed by atoms with E-state index in [0.717, 1.165) is 5.01 Å². The first-order valence-electron chi connectivity index (χ1n) is 4.13. The van der Waals surface area contributed by atoms with Crippen molar-refractivity contribution < 1.29 is 13.6 Å². The summed E-state index contributed by atoms with van der Waals surface area (Å²) in [5.74, 6) is -0.371. The van der Waals surface area contributed by atoms with Crippen LogP contribution < -0.4 is 5.01 Å². The maximum Gasteiger partial charge on any atom is 0.278 e. The summed E-state index contributed by atoms with van der Waals surface area (Å²) in [5, 5.41) is 4.33. The minimum atomic E-state index is -2.71. The zero-order valence-electron chi connectivity index (χ0n) is 7.47. The number of hydrogen-bond donors (Lipinski definition) is 0. The van der Waals surface area contributed by atoms with Crippen molar-refractivity contribution in [2.45, 2.75) is 12.8 Å². The number of aromatic nitrogens is 2. The molecule has 0 bridgehead atoms. The molecule has 15 heavy (non-hydrogen) atoms. The van der Waals surface area contributed by atoms with Crippen molar-refractivity contribution in [2.75, 3.05) is 5.01 Å². The Balaban J connectivity index is 2.28. The molecule has 1 aromatic rings. The Labute approximate surface area is 83.4 Å². The predicted molar refractivity (Wildman–Crippen MR) is 47.6 cm³/mol. The highest BCUT2D eigenvalue weighted by Crippen LogP contribution is 2.18. The Hall–Kier alpha value is -1.92. The maximum absolute atomic E-state index is 12.3. The van der Waals surface area contributed by atoms with E-state index in [0.29, 0.717) is 0 Å². The molecule has 1 aliphatic heterocycles. The number of amides is 1.